The first kappa shape index (κ1) is 16.3. The normalized spacial score (nSPS) is 12.0. The van der Waals surface area contributed by atoms with E-state index in [1.54, 1.807) is 0 Å². The third-order valence-corrected chi connectivity index (χ3v) is 4.17. The molecule has 2 rings (SSSR count). The Labute approximate surface area is 133 Å². The second-order valence-corrected chi connectivity index (χ2v) is 5.52. The van der Waals surface area contributed by atoms with Crippen LogP contribution in [0.15, 0.2) is 48.5 Å². The molecule has 22 heavy (non-hydrogen) atoms. The van der Waals surface area contributed by atoms with Crippen LogP contribution in [0.4, 0.5) is 5.69 Å². The molecule has 1 atom stereocenters. The largest absolute Gasteiger partial charge is 0.325 e. The summed E-state index contributed by atoms with van der Waals surface area (Å²) < 4.78 is 0. The van der Waals surface area contributed by atoms with Crippen molar-refractivity contribution in [3.05, 3.63) is 65.2 Å². The summed E-state index contributed by atoms with van der Waals surface area (Å²) in [7, 11) is 0. The van der Waals surface area contributed by atoms with Gasteiger partial charge in [-0.3, -0.25) is 4.79 Å². The van der Waals surface area contributed by atoms with Crippen molar-refractivity contribution in [1.82, 2.24) is 0 Å². The van der Waals surface area contributed by atoms with Crippen molar-refractivity contribution >= 4 is 11.6 Å². The SMILES string of the molecule is CCc1cccc(CC)c1NC(=O)C(CC)c1ccccc1. The summed E-state index contributed by atoms with van der Waals surface area (Å²) in [6, 6.07) is 16.3. The fraction of sp³-hybridized carbons (Fsp3) is 0.350. The first-order chi connectivity index (χ1) is 10.7. The summed E-state index contributed by atoms with van der Waals surface area (Å²) in [5, 5.41) is 3.19. The number of para-hydroxylation sites is 1. The third-order valence-electron chi connectivity index (χ3n) is 4.17. The summed E-state index contributed by atoms with van der Waals surface area (Å²) in [5.74, 6) is -0.0138. The second-order valence-electron chi connectivity index (χ2n) is 5.52. The van der Waals surface area contributed by atoms with E-state index in [0.717, 1.165) is 30.5 Å². The van der Waals surface area contributed by atoms with Crippen molar-refractivity contribution in [2.45, 2.75) is 46.0 Å². The van der Waals surface area contributed by atoms with Crippen molar-refractivity contribution in [3.8, 4) is 0 Å². The van der Waals surface area contributed by atoms with Crippen LogP contribution in [0.5, 0.6) is 0 Å². The zero-order chi connectivity index (χ0) is 15.9. The number of hydrogen-bond acceptors (Lipinski definition) is 1. The highest BCUT2D eigenvalue weighted by Gasteiger charge is 2.20. The Hall–Kier alpha value is -2.09. The Balaban J connectivity index is 2.28. The predicted octanol–water partition coefficient (Wildman–Crippen LogP) is 4.94. The minimum atomic E-state index is -0.101. The van der Waals surface area contributed by atoms with E-state index in [1.807, 2.05) is 30.3 Å². The molecule has 0 saturated heterocycles. The predicted molar refractivity (Wildman–Crippen MR) is 93.3 cm³/mol. The van der Waals surface area contributed by atoms with E-state index in [-0.39, 0.29) is 11.8 Å². The zero-order valence-electron chi connectivity index (χ0n) is 13.7. The van der Waals surface area contributed by atoms with Gasteiger partial charge in [0, 0.05) is 5.69 Å². The topological polar surface area (TPSA) is 29.1 Å². The van der Waals surface area contributed by atoms with Gasteiger partial charge in [0.15, 0.2) is 0 Å². The summed E-state index contributed by atoms with van der Waals surface area (Å²) in [4.78, 5) is 12.8. The second kappa shape index (κ2) is 7.79. The Morgan fingerprint density at radius 3 is 2.00 bits per heavy atom. The van der Waals surface area contributed by atoms with Crippen LogP contribution in [0, 0.1) is 0 Å². The number of anilines is 1. The molecule has 116 valence electrons. The minimum Gasteiger partial charge on any atom is -0.325 e. The van der Waals surface area contributed by atoms with E-state index in [1.165, 1.54) is 11.1 Å². The molecule has 0 aromatic heterocycles. The zero-order valence-corrected chi connectivity index (χ0v) is 13.7. The molecule has 1 N–H and O–H groups in total. The molecule has 1 unspecified atom stereocenters. The molecule has 1 amide bonds. The highest BCUT2D eigenvalue weighted by molar-refractivity contribution is 5.97. The van der Waals surface area contributed by atoms with E-state index in [9.17, 15) is 4.79 Å². The number of benzene rings is 2. The van der Waals surface area contributed by atoms with Gasteiger partial charge in [0.1, 0.15) is 0 Å². The van der Waals surface area contributed by atoms with Gasteiger partial charge in [-0.1, -0.05) is 69.3 Å². The van der Waals surface area contributed by atoms with Gasteiger partial charge in [-0.25, -0.2) is 0 Å². The quantitative estimate of drug-likeness (QED) is 0.803. The van der Waals surface area contributed by atoms with E-state index in [4.69, 9.17) is 0 Å². The lowest BCUT2D eigenvalue weighted by molar-refractivity contribution is -0.117. The number of nitrogens with one attached hydrogen (secondary N) is 1. The van der Waals surface area contributed by atoms with Gasteiger partial charge in [0.05, 0.1) is 5.92 Å². The average molecular weight is 295 g/mol. The number of carbonyl (C=O) groups is 1. The van der Waals surface area contributed by atoms with Gasteiger partial charge in [-0.15, -0.1) is 0 Å². The van der Waals surface area contributed by atoms with Crippen LogP contribution in [0.2, 0.25) is 0 Å². The fourth-order valence-electron chi connectivity index (χ4n) is 2.87. The van der Waals surface area contributed by atoms with Crippen LogP contribution in [-0.2, 0) is 17.6 Å². The lowest BCUT2D eigenvalue weighted by Gasteiger charge is -2.19. The van der Waals surface area contributed by atoms with Crippen molar-refractivity contribution in [2.75, 3.05) is 5.32 Å². The maximum absolute atomic E-state index is 12.8. The standard InChI is InChI=1S/C20H25NO/c1-4-15-13-10-14-16(5-2)19(15)21-20(22)18(6-3)17-11-8-7-9-12-17/h7-14,18H,4-6H2,1-3H3,(H,21,22). The van der Waals surface area contributed by atoms with E-state index in [0.29, 0.717) is 0 Å². The summed E-state index contributed by atoms with van der Waals surface area (Å²) >= 11 is 0. The van der Waals surface area contributed by atoms with Crippen LogP contribution in [0.25, 0.3) is 0 Å². The van der Waals surface area contributed by atoms with E-state index < -0.39 is 0 Å². The number of carbonyl (C=O) groups excluding carboxylic acids is 1. The van der Waals surface area contributed by atoms with Crippen LogP contribution < -0.4 is 5.32 Å². The van der Waals surface area contributed by atoms with Crippen molar-refractivity contribution in [3.63, 3.8) is 0 Å². The van der Waals surface area contributed by atoms with Gasteiger partial charge in [-0.05, 0) is 36.0 Å². The molecular formula is C20H25NO. The van der Waals surface area contributed by atoms with Gasteiger partial charge < -0.3 is 5.32 Å². The summed E-state index contributed by atoms with van der Waals surface area (Å²) in [6.07, 6.45) is 2.64. The molecular weight excluding hydrogens is 270 g/mol. The van der Waals surface area contributed by atoms with Gasteiger partial charge >= 0.3 is 0 Å². The highest BCUT2D eigenvalue weighted by Crippen LogP contribution is 2.26. The summed E-state index contributed by atoms with van der Waals surface area (Å²) in [5.41, 5.74) is 4.49. The van der Waals surface area contributed by atoms with Crippen LogP contribution in [0.3, 0.4) is 0 Å². The molecule has 0 fully saturated rings. The number of hydrogen-bond donors (Lipinski definition) is 1. The van der Waals surface area contributed by atoms with Crippen molar-refractivity contribution in [2.24, 2.45) is 0 Å². The molecule has 0 saturated carbocycles. The molecule has 0 radical (unpaired) electrons. The van der Waals surface area contributed by atoms with E-state index in [2.05, 4.69) is 44.3 Å². The van der Waals surface area contributed by atoms with Gasteiger partial charge in [-0.2, -0.15) is 0 Å². The molecule has 0 aliphatic heterocycles. The maximum atomic E-state index is 12.8. The van der Waals surface area contributed by atoms with Crippen LogP contribution >= 0.6 is 0 Å². The first-order valence-electron chi connectivity index (χ1n) is 8.17. The Morgan fingerprint density at radius 2 is 1.50 bits per heavy atom. The van der Waals surface area contributed by atoms with Crippen LogP contribution in [-0.4, -0.2) is 5.91 Å². The van der Waals surface area contributed by atoms with Crippen molar-refractivity contribution in [1.29, 1.82) is 0 Å². The molecule has 2 aromatic rings. The smallest absolute Gasteiger partial charge is 0.231 e. The summed E-state index contributed by atoms with van der Waals surface area (Å²) in [6.45, 7) is 6.31. The molecule has 0 spiro atoms. The van der Waals surface area contributed by atoms with Crippen LogP contribution in [0.1, 0.15) is 49.8 Å². The molecule has 0 aliphatic carbocycles. The lowest BCUT2D eigenvalue weighted by atomic mass is 9.95. The average Bonchev–Trinajstić information content (AvgIpc) is 2.56. The number of amides is 1. The lowest BCUT2D eigenvalue weighted by Crippen LogP contribution is -2.22. The third kappa shape index (κ3) is 3.56. The molecule has 0 aliphatic rings. The first-order valence-corrected chi connectivity index (χ1v) is 8.17. The molecule has 0 bridgehead atoms. The van der Waals surface area contributed by atoms with Gasteiger partial charge in [0.25, 0.3) is 0 Å². The van der Waals surface area contributed by atoms with Gasteiger partial charge in [0.2, 0.25) is 5.91 Å². The number of rotatable bonds is 6. The Morgan fingerprint density at radius 1 is 0.909 bits per heavy atom. The molecule has 2 aromatic carbocycles. The van der Waals surface area contributed by atoms with Crippen molar-refractivity contribution < 1.29 is 4.79 Å². The molecule has 2 heteroatoms. The minimum absolute atomic E-state index is 0.0873. The molecule has 0 heterocycles. The fourth-order valence-corrected chi connectivity index (χ4v) is 2.87. The Bertz CT molecular complexity index is 597. The monoisotopic (exact) mass is 295 g/mol. The highest BCUT2D eigenvalue weighted by atomic mass is 16.1. The Kier molecular flexibility index (Phi) is 5.76. The number of aryl methyl sites for hydroxylation is 2. The molecule has 2 nitrogen and oxygen atoms in total. The van der Waals surface area contributed by atoms with E-state index >= 15 is 0 Å². The maximum Gasteiger partial charge on any atom is 0.231 e.